The van der Waals surface area contributed by atoms with Crippen molar-refractivity contribution in [3.05, 3.63) is 89.5 Å². The number of esters is 1. The molecular weight excluding hydrogens is 456 g/mol. The zero-order valence-electron chi connectivity index (χ0n) is 20.7. The van der Waals surface area contributed by atoms with Crippen LogP contribution in [0, 0.1) is 0 Å². The Kier molecular flexibility index (Phi) is 7.17. The second kappa shape index (κ2) is 10.5. The van der Waals surface area contributed by atoms with E-state index in [-0.39, 0.29) is 11.8 Å². The third-order valence-corrected chi connectivity index (χ3v) is 5.85. The van der Waals surface area contributed by atoms with E-state index in [9.17, 15) is 14.4 Å². The largest absolute Gasteiger partial charge is 0.465 e. The number of benzene rings is 3. The van der Waals surface area contributed by atoms with Crippen molar-refractivity contribution in [3.8, 4) is 0 Å². The fourth-order valence-corrected chi connectivity index (χ4v) is 3.98. The highest BCUT2D eigenvalue weighted by Crippen LogP contribution is 2.38. The van der Waals surface area contributed by atoms with Gasteiger partial charge in [0.2, 0.25) is 5.91 Å². The van der Waals surface area contributed by atoms with Crippen LogP contribution in [-0.2, 0) is 14.3 Å². The van der Waals surface area contributed by atoms with Crippen LogP contribution in [0.3, 0.4) is 0 Å². The Morgan fingerprint density at radius 3 is 2.25 bits per heavy atom. The van der Waals surface area contributed by atoms with Crippen molar-refractivity contribution in [1.29, 1.82) is 0 Å². The molecule has 0 saturated heterocycles. The van der Waals surface area contributed by atoms with E-state index in [1.54, 1.807) is 30.1 Å². The molecule has 3 aromatic rings. The van der Waals surface area contributed by atoms with Gasteiger partial charge in [-0.25, -0.2) is 4.79 Å². The highest BCUT2D eigenvalue weighted by Gasteiger charge is 2.29. The number of methoxy groups -OCH3 is 1. The summed E-state index contributed by atoms with van der Waals surface area (Å²) in [5.41, 5.74) is 5.03. The quantitative estimate of drug-likeness (QED) is 0.390. The lowest BCUT2D eigenvalue weighted by molar-refractivity contribution is -0.119. The topological polar surface area (TPSA) is 91.0 Å². The van der Waals surface area contributed by atoms with E-state index in [0.717, 1.165) is 16.9 Å². The predicted octanol–water partition coefficient (Wildman–Crippen LogP) is 3.93. The van der Waals surface area contributed by atoms with Crippen LogP contribution in [0.5, 0.6) is 0 Å². The summed E-state index contributed by atoms with van der Waals surface area (Å²) in [7, 11) is 6.77. The van der Waals surface area contributed by atoms with Gasteiger partial charge in [0.05, 0.1) is 36.2 Å². The van der Waals surface area contributed by atoms with Gasteiger partial charge in [0.1, 0.15) is 0 Å². The molecule has 0 atom stereocenters. The molecule has 1 heterocycles. The van der Waals surface area contributed by atoms with Crippen LogP contribution < -0.4 is 15.5 Å². The smallest absolute Gasteiger partial charge is 0.337 e. The Morgan fingerprint density at radius 2 is 1.61 bits per heavy atom. The lowest BCUT2D eigenvalue weighted by Crippen LogP contribution is -2.34. The number of hydrogen-bond donors (Lipinski definition) is 2. The van der Waals surface area contributed by atoms with Crippen molar-refractivity contribution >= 4 is 46.1 Å². The van der Waals surface area contributed by atoms with Crippen molar-refractivity contribution in [3.63, 3.8) is 0 Å². The van der Waals surface area contributed by atoms with Gasteiger partial charge in [0.15, 0.2) is 0 Å². The van der Waals surface area contributed by atoms with Gasteiger partial charge in [-0.3, -0.25) is 9.59 Å². The summed E-state index contributed by atoms with van der Waals surface area (Å²) in [5.74, 6) is -0.762. The van der Waals surface area contributed by atoms with Crippen molar-refractivity contribution in [2.45, 2.75) is 0 Å². The first-order chi connectivity index (χ1) is 17.3. The second-order valence-corrected chi connectivity index (χ2v) is 8.68. The van der Waals surface area contributed by atoms with E-state index in [2.05, 4.69) is 10.6 Å². The predicted molar refractivity (Wildman–Crippen MR) is 142 cm³/mol. The van der Waals surface area contributed by atoms with E-state index in [1.165, 1.54) is 7.11 Å². The fraction of sp³-hybridized carbons (Fsp3) is 0.179. The number of nitrogens with one attached hydrogen (secondary N) is 2. The van der Waals surface area contributed by atoms with Crippen LogP contribution in [0.1, 0.15) is 21.5 Å². The van der Waals surface area contributed by atoms with E-state index in [1.807, 2.05) is 73.6 Å². The highest BCUT2D eigenvalue weighted by molar-refractivity contribution is 6.37. The number of anilines is 3. The molecule has 1 aliphatic heterocycles. The standard InChI is InChI=1S/C28H28N4O4/c1-31(2)17-24(33)32(3)21-13-11-20(12-14-21)29-26(18-8-6-5-7-9-18)25-22-15-10-19(28(35)36-4)16-23(22)30-27(25)34/h5-16,29H,17H2,1-4H3,(H,30,34). The minimum atomic E-state index is -0.472. The molecule has 3 aromatic carbocycles. The van der Waals surface area contributed by atoms with Crippen LogP contribution in [-0.4, -0.2) is 57.5 Å². The molecule has 0 aliphatic carbocycles. The highest BCUT2D eigenvalue weighted by atomic mass is 16.5. The maximum absolute atomic E-state index is 13.1. The van der Waals surface area contributed by atoms with Gasteiger partial charge in [-0.15, -0.1) is 0 Å². The molecule has 2 amide bonds. The van der Waals surface area contributed by atoms with Gasteiger partial charge >= 0.3 is 5.97 Å². The Balaban J connectivity index is 1.71. The number of ether oxygens (including phenoxy) is 1. The Labute approximate surface area is 210 Å². The molecule has 4 rings (SSSR count). The third kappa shape index (κ3) is 5.13. The fourth-order valence-electron chi connectivity index (χ4n) is 3.98. The van der Waals surface area contributed by atoms with Crippen LogP contribution in [0.4, 0.5) is 17.1 Å². The van der Waals surface area contributed by atoms with Crippen LogP contribution in [0.2, 0.25) is 0 Å². The molecule has 0 saturated carbocycles. The number of carbonyl (C=O) groups excluding carboxylic acids is 3. The minimum Gasteiger partial charge on any atom is -0.465 e. The van der Waals surface area contributed by atoms with Gasteiger partial charge in [0.25, 0.3) is 5.91 Å². The van der Waals surface area contributed by atoms with E-state index < -0.39 is 5.97 Å². The number of likely N-dealkylation sites (N-methyl/N-ethyl adjacent to an activating group) is 2. The molecule has 36 heavy (non-hydrogen) atoms. The lowest BCUT2D eigenvalue weighted by Gasteiger charge is -2.20. The summed E-state index contributed by atoms with van der Waals surface area (Å²) in [4.78, 5) is 40.9. The number of amides is 2. The molecule has 1 aliphatic rings. The van der Waals surface area contributed by atoms with Crippen molar-refractivity contribution < 1.29 is 19.1 Å². The average Bonchev–Trinajstić information content (AvgIpc) is 3.21. The van der Waals surface area contributed by atoms with Gasteiger partial charge in [-0.1, -0.05) is 36.4 Å². The maximum atomic E-state index is 13.1. The summed E-state index contributed by atoms with van der Waals surface area (Å²) in [5, 5.41) is 6.26. The van der Waals surface area contributed by atoms with Crippen molar-refractivity contribution in [2.24, 2.45) is 0 Å². The Morgan fingerprint density at radius 1 is 0.917 bits per heavy atom. The number of rotatable bonds is 7. The molecule has 0 spiro atoms. The summed E-state index contributed by atoms with van der Waals surface area (Å²) in [6, 6.07) is 22.0. The van der Waals surface area contributed by atoms with Crippen LogP contribution >= 0.6 is 0 Å². The molecule has 184 valence electrons. The van der Waals surface area contributed by atoms with Crippen molar-refractivity contribution in [2.75, 3.05) is 50.3 Å². The van der Waals surface area contributed by atoms with Gasteiger partial charge in [0, 0.05) is 24.0 Å². The van der Waals surface area contributed by atoms with Crippen LogP contribution in [0.15, 0.2) is 72.8 Å². The molecule has 8 heteroatoms. The first-order valence-corrected chi connectivity index (χ1v) is 11.4. The minimum absolute atomic E-state index is 0.0154. The van der Waals surface area contributed by atoms with Gasteiger partial charge in [-0.05, 0) is 56.1 Å². The summed E-state index contributed by atoms with van der Waals surface area (Å²) in [6.07, 6.45) is 0. The molecule has 0 bridgehead atoms. The molecule has 2 N–H and O–H groups in total. The molecular formula is C28H28N4O4. The molecule has 8 nitrogen and oxygen atoms in total. The van der Waals surface area contributed by atoms with E-state index >= 15 is 0 Å². The maximum Gasteiger partial charge on any atom is 0.337 e. The number of nitrogens with zero attached hydrogens (tertiary/aromatic N) is 2. The van der Waals surface area contributed by atoms with Crippen molar-refractivity contribution in [1.82, 2.24) is 4.90 Å². The number of fused-ring (bicyclic) bond motifs is 1. The lowest BCUT2D eigenvalue weighted by atomic mass is 9.99. The SMILES string of the molecule is COC(=O)c1ccc2c(c1)NC(=O)C2=C(Nc1ccc(N(C)C(=O)CN(C)C)cc1)c1ccccc1. The second-order valence-electron chi connectivity index (χ2n) is 8.68. The zero-order valence-corrected chi connectivity index (χ0v) is 20.7. The number of hydrogen-bond acceptors (Lipinski definition) is 6. The molecule has 0 radical (unpaired) electrons. The third-order valence-electron chi connectivity index (χ3n) is 5.85. The Bertz CT molecular complexity index is 1330. The van der Waals surface area contributed by atoms with Gasteiger partial charge in [-0.2, -0.15) is 0 Å². The summed E-state index contributed by atoms with van der Waals surface area (Å²) < 4.78 is 4.80. The monoisotopic (exact) mass is 484 g/mol. The van der Waals surface area contributed by atoms with E-state index in [4.69, 9.17) is 4.74 Å². The molecule has 0 unspecified atom stereocenters. The molecule has 0 aromatic heterocycles. The molecule has 0 fully saturated rings. The normalized spacial score (nSPS) is 13.6. The zero-order chi connectivity index (χ0) is 25.8. The summed E-state index contributed by atoms with van der Waals surface area (Å²) >= 11 is 0. The van der Waals surface area contributed by atoms with E-state index in [0.29, 0.717) is 34.6 Å². The Hall–Kier alpha value is -4.43. The van der Waals surface area contributed by atoms with Gasteiger partial charge < -0.3 is 25.2 Å². The average molecular weight is 485 g/mol. The first kappa shape index (κ1) is 24.7. The first-order valence-electron chi connectivity index (χ1n) is 11.4. The number of carbonyl (C=O) groups is 3. The summed E-state index contributed by atoms with van der Waals surface area (Å²) in [6.45, 7) is 0.312. The van der Waals surface area contributed by atoms with Crippen LogP contribution in [0.25, 0.3) is 11.3 Å².